The molecule has 2 aromatic carbocycles. The number of hydrogen-bond donors (Lipinski definition) is 0. The number of nitrogens with zero attached hydrogens (tertiary/aromatic N) is 2. The summed E-state index contributed by atoms with van der Waals surface area (Å²) in [5.74, 6) is 0. The molecule has 0 heterocycles. The third kappa shape index (κ3) is 4.55. The number of hydrogen-bond acceptors (Lipinski definition) is 3. The van der Waals surface area contributed by atoms with Crippen molar-refractivity contribution < 1.29 is 4.92 Å². The smallest absolute Gasteiger partial charge is 0.269 e. The molecule has 0 saturated heterocycles. The van der Waals surface area contributed by atoms with Gasteiger partial charge in [-0.2, -0.15) is 0 Å². The van der Waals surface area contributed by atoms with Gasteiger partial charge in [-0.15, -0.1) is 12.4 Å². The first-order valence-corrected chi connectivity index (χ1v) is 6.52. The lowest BCUT2D eigenvalue weighted by Gasteiger charge is -2.25. The molecule has 0 aliphatic rings. The molecular weight excluding hydrogens is 288 g/mol. The van der Waals surface area contributed by atoms with Crippen LogP contribution < -0.4 is 0 Å². The highest BCUT2D eigenvalue weighted by molar-refractivity contribution is 5.85. The van der Waals surface area contributed by atoms with Crippen molar-refractivity contribution in [3.63, 3.8) is 0 Å². The van der Waals surface area contributed by atoms with Crippen LogP contribution in [0.1, 0.15) is 17.2 Å². The molecule has 2 rings (SSSR count). The van der Waals surface area contributed by atoms with E-state index in [2.05, 4.69) is 17.0 Å². The average Bonchev–Trinajstić information content (AvgIpc) is 2.46. The van der Waals surface area contributed by atoms with Gasteiger partial charge in [0.05, 0.1) is 4.92 Å². The second-order valence-electron chi connectivity index (χ2n) is 5.02. The summed E-state index contributed by atoms with van der Waals surface area (Å²) < 4.78 is 0. The Morgan fingerprint density at radius 2 is 1.62 bits per heavy atom. The first kappa shape index (κ1) is 17.1. The van der Waals surface area contributed by atoms with Crippen LogP contribution in [0.3, 0.4) is 0 Å². The van der Waals surface area contributed by atoms with Gasteiger partial charge < -0.3 is 4.90 Å². The Balaban J connectivity index is 0.00000220. The SMILES string of the molecule is CN(C)C(Cc1ccc([N+](=O)[O-])cc1)c1ccccc1.Cl. The predicted octanol–water partition coefficient (Wildman–Crippen LogP) is 3.86. The fourth-order valence-corrected chi connectivity index (χ4v) is 2.25. The molecular formula is C16H19ClN2O2. The molecule has 0 fully saturated rings. The van der Waals surface area contributed by atoms with Gasteiger partial charge in [0, 0.05) is 18.2 Å². The molecule has 1 unspecified atom stereocenters. The first-order chi connectivity index (χ1) is 9.58. The standard InChI is InChI=1S/C16H18N2O2.ClH/c1-17(2)16(14-6-4-3-5-7-14)12-13-8-10-15(11-9-13)18(19)20;/h3-11,16H,12H2,1-2H3;1H. The van der Waals surface area contributed by atoms with Crippen LogP contribution in [0.2, 0.25) is 0 Å². The van der Waals surface area contributed by atoms with Crippen molar-refractivity contribution in [3.05, 3.63) is 75.8 Å². The fourth-order valence-electron chi connectivity index (χ4n) is 2.25. The maximum Gasteiger partial charge on any atom is 0.269 e. The van der Waals surface area contributed by atoms with Gasteiger partial charge in [0.15, 0.2) is 0 Å². The minimum atomic E-state index is -0.371. The molecule has 0 radical (unpaired) electrons. The van der Waals surface area contributed by atoms with E-state index in [1.165, 1.54) is 5.56 Å². The van der Waals surface area contributed by atoms with Crippen LogP contribution in [0.5, 0.6) is 0 Å². The predicted molar refractivity (Wildman–Crippen MR) is 86.9 cm³/mol. The van der Waals surface area contributed by atoms with Gasteiger partial charge in [-0.25, -0.2) is 0 Å². The molecule has 2 aromatic rings. The van der Waals surface area contributed by atoms with Gasteiger partial charge >= 0.3 is 0 Å². The summed E-state index contributed by atoms with van der Waals surface area (Å²) in [5.41, 5.74) is 2.48. The zero-order valence-corrected chi connectivity index (χ0v) is 12.9. The number of rotatable bonds is 5. The molecule has 112 valence electrons. The van der Waals surface area contributed by atoms with Crippen molar-refractivity contribution in [2.45, 2.75) is 12.5 Å². The van der Waals surface area contributed by atoms with Gasteiger partial charge in [0.1, 0.15) is 0 Å². The Bertz CT molecular complexity index is 571. The Labute approximate surface area is 131 Å². The van der Waals surface area contributed by atoms with Crippen LogP contribution in [0.15, 0.2) is 54.6 Å². The topological polar surface area (TPSA) is 46.4 Å². The zero-order valence-electron chi connectivity index (χ0n) is 12.1. The van der Waals surface area contributed by atoms with E-state index in [9.17, 15) is 10.1 Å². The summed E-state index contributed by atoms with van der Waals surface area (Å²) in [6, 6.07) is 17.3. The second kappa shape index (κ2) is 7.76. The molecule has 5 heteroatoms. The van der Waals surface area contributed by atoms with Gasteiger partial charge in [-0.1, -0.05) is 42.5 Å². The van der Waals surface area contributed by atoms with Crippen LogP contribution in [0.4, 0.5) is 5.69 Å². The van der Waals surface area contributed by atoms with E-state index in [-0.39, 0.29) is 29.1 Å². The number of likely N-dealkylation sites (N-methyl/N-ethyl adjacent to an activating group) is 1. The summed E-state index contributed by atoms with van der Waals surface area (Å²) in [6.45, 7) is 0. The molecule has 0 bridgehead atoms. The van der Waals surface area contributed by atoms with E-state index < -0.39 is 0 Å². The Morgan fingerprint density at radius 3 is 2.10 bits per heavy atom. The van der Waals surface area contributed by atoms with E-state index in [1.54, 1.807) is 12.1 Å². The zero-order chi connectivity index (χ0) is 14.5. The average molecular weight is 307 g/mol. The normalized spacial score (nSPS) is 11.8. The van der Waals surface area contributed by atoms with Crippen LogP contribution in [-0.2, 0) is 6.42 Å². The minimum absolute atomic E-state index is 0. The molecule has 0 spiro atoms. The van der Waals surface area contributed by atoms with Crippen LogP contribution >= 0.6 is 12.4 Å². The number of nitro benzene ring substituents is 1. The highest BCUT2D eigenvalue weighted by Crippen LogP contribution is 2.23. The summed E-state index contributed by atoms with van der Waals surface area (Å²) in [6.07, 6.45) is 0.828. The van der Waals surface area contributed by atoms with Crippen molar-refractivity contribution in [2.75, 3.05) is 14.1 Å². The molecule has 0 N–H and O–H groups in total. The van der Waals surface area contributed by atoms with Crippen molar-refractivity contribution in [1.82, 2.24) is 4.90 Å². The summed E-state index contributed by atoms with van der Waals surface area (Å²) >= 11 is 0. The summed E-state index contributed by atoms with van der Waals surface area (Å²) in [4.78, 5) is 12.5. The lowest BCUT2D eigenvalue weighted by Crippen LogP contribution is -2.22. The lowest BCUT2D eigenvalue weighted by atomic mass is 9.98. The third-order valence-corrected chi connectivity index (χ3v) is 3.38. The van der Waals surface area contributed by atoms with Crippen molar-refractivity contribution in [2.24, 2.45) is 0 Å². The van der Waals surface area contributed by atoms with Crippen molar-refractivity contribution in [3.8, 4) is 0 Å². The van der Waals surface area contributed by atoms with E-state index in [1.807, 2.05) is 44.4 Å². The van der Waals surface area contributed by atoms with Crippen molar-refractivity contribution in [1.29, 1.82) is 0 Å². The molecule has 0 aliphatic heterocycles. The van der Waals surface area contributed by atoms with E-state index in [0.29, 0.717) is 0 Å². The quantitative estimate of drug-likeness (QED) is 0.622. The van der Waals surface area contributed by atoms with Crippen molar-refractivity contribution >= 4 is 18.1 Å². The first-order valence-electron chi connectivity index (χ1n) is 6.52. The Hall–Kier alpha value is -1.91. The van der Waals surface area contributed by atoms with Crippen LogP contribution in [0, 0.1) is 10.1 Å². The maximum absolute atomic E-state index is 10.7. The fraction of sp³-hybridized carbons (Fsp3) is 0.250. The molecule has 21 heavy (non-hydrogen) atoms. The van der Waals surface area contributed by atoms with Gasteiger partial charge in [-0.3, -0.25) is 10.1 Å². The monoisotopic (exact) mass is 306 g/mol. The molecule has 0 saturated carbocycles. The summed E-state index contributed by atoms with van der Waals surface area (Å²) in [5, 5.41) is 10.7. The summed E-state index contributed by atoms with van der Waals surface area (Å²) in [7, 11) is 4.09. The molecule has 0 amide bonds. The molecule has 0 aliphatic carbocycles. The van der Waals surface area contributed by atoms with Gasteiger partial charge in [0.2, 0.25) is 0 Å². The Morgan fingerprint density at radius 1 is 1.05 bits per heavy atom. The highest BCUT2D eigenvalue weighted by Gasteiger charge is 2.15. The number of halogens is 1. The van der Waals surface area contributed by atoms with E-state index in [4.69, 9.17) is 0 Å². The van der Waals surface area contributed by atoms with E-state index >= 15 is 0 Å². The Kier molecular flexibility index (Phi) is 6.34. The van der Waals surface area contributed by atoms with E-state index in [0.717, 1.165) is 12.0 Å². The molecule has 1 atom stereocenters. The van der Waals surface area contributed by atoms with Crippen LogP contribution in [0.25, 0.3) is 0 Å². The number of nitro groups is 1. The minimum Gasteiger partial charge on any atom is -0.302 e. The van der Waals surface area contributed by atoms with Gasteiger partial charge in [0.25, 0.3) is 5.69 Å². The molecule has 4 nitrogen and oxygen atoms in total. The van der Waals surface area contributed by atoms with Crippen LogP contribution in [-0.4, -0.2) is 23.9 Å². The third-order valence-electron chi connectivity index (χ3n) is 3.38. The lowest BCUT2D eigenvalue weighted by molar-refractivity contribution is -0.384. The second-order valence-corrected chi connectivity index (χ2v) is 5.02. The number of non-ortho nitro benzene ring substituents is 1. The molecule has 0 aromatic heterocycles. The highest BCUT2D eigenvalue weighted by atomic mass is 35.5. The maximum atomic E-state index is 10.7. The number of benzene rings is 2. The largest absolute Gasteiger partial charge is 0.302 e. The van der Waals surface area contributed by atoms with Gasteiger partial charge in [-0.05, 0) is 31.6 Å².